The molecular weight excluding hydrogens is 461 g/mol. The zero-order valence-electron chi connectivity index (χ0n) is 19.8. The first kappa shape index (κ1) is 29.1. The lowest BCUT2D eigenvalue weighted by Gasteiger charge is -2.26. The minimum absolute atomic E-state index is 0.0608. The van der Waals surface area contributed by atoms with Gasteiger partial charge in [0.1, 0.15) is 12.3 Å². The number of para-hydroxylation sites is 1. The van der Waals surface area contributed by atoms with Gasteiger partial charge in [-0.3, -0.25) is 14.4 Å². The smallest absolute Gasteiger partial charge is 0.320 e. The number of nitrogens with zero attached hydrogens (tertiary/aromatic N) is 1. The van der Waals surface area contributed by atoms with Gasteiger partial charge in [0.25, 0.3) is 0 Å². The molecular formula is C23H32N3O7P. The Morgan fingerprint density at radius 1 is 1.26 bits per heavy atom. The molecule has 1 aromatic carbocycles. The van der Waals surface area contributed by atoms with Gasteiger partial charge in [-0.05, 0) is 26.0 Å². The van der Waals surface area contributed by atoms with Gasteiger partial charge in [0, 0.05) is 32.9 Å². The summed E-state index contributed by atoms with van der Waals surface area (Å²) in [5.41, 5.74) is 0. The van der Waals surface area contributed by atoms with E-state index in [-0.39, 0.29) is 31.6 Å². The normalized spacial score (nSPS) is 13.5. The molecule has 0 fully saturated rings. The number of carbonyl (C=O) groups excluding carboxylic acids is 3. The molecule has 2 N–H and O–H groups in total. The molecule has 0 aliphatic heterocycles. The number of hydrogen-bond acceptors (Lipinski definition) is 8. The van der Waals surface area contributed by atoms with Gasteiger partial charge in [0.15, 0.2) is 0 Å². The minimum atomic E-state index is -1.73. The second-order valence-corrected chi connectivity index (χ2v) is 8.36. The van der Waals surface area contributed by atoms with Gasteiger partial charge in [0.2, 0.25) is 12.3 Å². The molecule has 0 saturated carbocycles. The summed E-state index contributed by atoms with van der Waals surface area (Å²) in [6, 6.07) is 8.31. The average molecular weight is 493 g/mol. The van der Waals surface area contributed by atoms with Crippen LogP contribution in [0.5, 0.6) is 5.75 Å². The highest BCUT2D eigenvalue weighted by molar-refractivity contribution is 7.45. The van der Waals surface area contributed by atoms with Crippen molar-refractivity contribution in [3.8, 4) is 18.1 Å². The number of likely N-dealkylation sites (N-methyl/N-ethyl adjacent to an activating group) is 1. The molecule has 10 nitrogen and oxygen atoms in total. The summed E-state index contributed by atoms with van der Waals surface area (Å²) in [5, 5.41) is 5.34. The second-order valence-electron chi connectivity index (χ2n) is 7.09. The van der Waals surface area contributed by atoms with Crippen LogP contribution >= 0.6 is 8.53 Å². The second kappa shape index (κ2) is 16.6. The Morgan fingerprint density at radius 3 is 2.53 bits per heavy atom. The van der Waals surface area contributed by atoms with Crippen molar-refractivity contribution in [2.75, 3.05) is 27.3 Å². The lowest BCUT2D eigenvalue weighted by atomic mass is 10.1. The predicted molar refractivity (Wildman–Crippen MR) is 128 cm³/mol. The average Bonchev–Trinajstić information content (AvgIpc) is 2.83. The van der Waals surface area contributed by atoms with Gasteiger partial charge >= 0.3 is 14.5 Å². The molecule has 11 heteroatoms. The Morgan fingerprint density at radius 2 is 1.97 bits per heavy atom. The number of ether oxygens (including phenoxy) is 2. The van der Waals surface area contributed by atoms with Gasteiger partial charge in [-0.2, -0.15) is 0 Å². The van der Waals surface area contributed by atoms with Crippen LogP contribution in [0.1, 0.15) is 20.3 Å². The number of carbonyl (C=O) groups is 3. The van der Waals surface area contributed by atoms with Crippen LogP contribution in [0.2, 0.25) is 0 Å². The van der Waals surface area contributed by atoms with E-state index in [1.165, 1.54) is 31.3 Å². The number of terminal acetylenes is 1. The molecule has 0 bridgehead atoms. The number of nitrogens with one attached hydrogen (secondary N) is 2. The third-order valence-corrected chi connectivity index (χ3v) is 5.34. The Labute approximate surface area is 201 Å². The molecule has 186 valence electrons. The van der Waals surface area contributed by atoms with Crippen molar-refractivity contribution in [3.63, 3.8) is 0 Å². The van der Waals surface area contributed by atoms with Crippen LogP contribution in [0.3, 0.4) is 0 Å². The van der Waals surface area contributed by atoms with E-state index in [4.69, 9.17) is 24.9 Å². The van der Waals surface area contributed by atoms with Crippen LogP contribution in [-0.4, -0.2) is 68.7 Å². The van der Waals surface area contributed by atoms with Crippen molar-refractivity contribution < 1.29 is 32.9 Å². The number of rotatable bonds is 16. The highest BCUT2D eigenvalue weighted by atomic mass is 31.2. The molecule has 1 aromatic rings. The number of amides is 2. The number of methoxy groups -OCH3 is 1. The summed E-state index contributed by atoms with van der Waals surface area (Å²) >= 11 is 0. The van der Waals surface area contributed by atoms with Gasteiger partial charge in [-0.25, -0.2) is 5.09 Å². The maximum atomic E-state index is 11.9. The van der Waals surface area contributed by atoms with E-state index < -0.39 is 26.6 Å². The molecule has 1 rings (SSSR count). The van der Waals surface area contributed by atoms with Crippen LogP contribution in [0, 0.1) is 12.3 Å². The first-order chi connectivity index (χ1) is 16.3. The van der Waals surface area contributed by atoms with Crippen molar-refractivity contribution in [1.82, 2.24) is 15.3 Å². The largest absolute Gasteiger partial charge is 0.462 e. The van der Waals surface area contributed by atoms with E-state index in [1.807, 2.05) is 18.2 Å². The quantitative estimate of drug-likeness (QED) is 0.118. The van der Waals surface area contributed by atoms with Crippen molar-refractivity contribution in [2.24, 2.45) is 0 Å². The van der Waals surface area contributed by atoms with Gasteiger partial charge in [-0.15, -0.1) is 6.42 Å². The van der Waals surface area contributed by atoms with Crippen LogP contribution in [0.25, 0.3) is 0 Å². The molecule has 2 amide bonds. The van der Waals surface area contributed by atoms with Crippen LogP contribution in [0.15, 0.2) is 42.6 Å². The molecule has 0 aromatic heterocycles. The summed E-state index contributed by atoms with van der Waals surface area (Å²) in [5.74, 6) is 2.26. The fourth-order valence-electron chi connectivity index (χ4n) is 2.47. The van der Waals surface area contributed by atoms with E-state index >= 15 is 0 Å². The summed E-state index contributed by atoms with van der Waals surface area (Å²) in [6.45, 7) is 3.47. The first-order valence-electron chi connectivity index (χ1n) is 10.5. The summed E-state index contributed by atoms with van der Waals surface area (Å²) in [7, 11) is 1.23. The Bertz CT molecular complexity index is 830. The lowest BCUT2D eigenvalue weighted by molar-refractivity contribution is -0.145. The van der Waals surface area contributed by atoms with Gasteiger partial charge in [0.05, 0.1) is 24.9 Å². The molecule has 0 spiro atoms. The van der Waals surface area contributed by atoms with E-state index in [1.54, 1.807) is 26.0 Å². The summed E-state index contributed by atoms with van der Waals surface area (Å²) in [6.07, 6.45) is 8.12. The Balaban J connectivity index is 2.79. The Kier molecular flexibility index (Phi) is 14.2. The molecule has 0 saturated heterocycles. The standard InChI is InChI=1S/C23H32N3O7P/c1-6-19(26(17-27)13-12-22(28)24-4)14-21(30-5)16-31-34(25-15-23(29)32-18(2)3)33-20-10-8-7-9-11-20/h1,7-13,17-19,21,25H,14-16H2,2-5H3,(H,24,28)/b13-12-. The molecule has 0 radical (unpaired) electrons. The topological polar surface area (TPSA) is 115 Å². The fraction of sp³-hybridized carbons (Fsp3) is 0.435. The summed E-state index contributed by atoms with van der Waals surface area (Å²) < 4.78 is 22.3. The van der Waals surface area contributed by atoms with Crippen LogP contribution in [-0.2, 0) is 28.4 Å². The SMILES string of the molecule is C#CC(CC(COP(NCC(=O)OC(C)C)Oc1ccccc1)OC)N(C=O)/C=C\C(=O)NC. The van der Waals surface area contributed by atoms with E-state index in [0.717, 1.165) is 0 Å². The predicted octanol–water partition coefficient (Wildman–Crippen LogP) is 1.98. The molecule has 3 unspecified atom stereocenters. The number of esters is 1. The fourth-order valence-corrected chi connectivity index (χ4v) is 3.55. The highest BCUT2D eigenvalue weighted by Gasteiger charge is 2.23. The highest BCUT2D eigenvalue weighted by Crippen LogP contribution is 2.35. The molecule has 0 aliphatic rings. The lowest BCUT2D eigenvalue weighted by Crippen LogP contribution is -2.35. The zero-order chi connectivity index (χ0) is 25.3. The van der Waals surface area contributed by atoms with Crippen LogP contribution < -0.4 is 14.9 Å². The van der Waals surface area contributed by atoms with Crippen LogP contribution in [0.4, 0.5) is 0 Å². The Hall–Kier alpha value is -2.96. The van der Waals surface area contributed by atoms with Crippen molar-refractivity contribution in [2.45, 2.75) is 38.5 Å². The monoisotopic (exact) mass is 493 g/mol. The van der Waals surface area contributed by atoms with Gasteiger partial charge in [-0.1, -0.05) is 24.1 Å². The zero-order valence-corrected chi connectivity index (χ0v) is 20.7. The van der Waals surface area contributed by atoms with Crippen molar-refractivity contribution >= 4 is 26.8 Å². The molecule has 34 heavy (non-hydrogen) atoms. The van der Waals surface area contributed by atoms with Gasteiger partial charge < -0.3 is 28.7 Å². The number of hydrogen-bond donors (Lipinski definition) is 2. The number of benzene rings is 1. The van der Waals surface area contributed by atoms with E-state index in [9.17, 15) is 14.4 Å². The third-order valence-electron chi connectivity index (χ3n) is 4.17. The first-order valence-corrected chi connectivity index (χ1v) is 11.7. The van der Waals surface area contributed by atoms with E-state index in [0.29, 0.717) is 12.2 Å². The molecule has 0 heterocycles. The summed E-state index contributed by atoms with van der Waals surface area (Å²) in [4.78, 5) is 36.0. The maximum absolute atomic E-state index is 11.9. The van der Waals surface area contributed by atoms with Crippen molar-refractivity contribution in [3.05, 3.63) is 42.6 Å². The van der Waals surface area contributed by atoms with E-state index in [2.05, 4.69) is 16.3 Å². The van der Waals surface area contributed by atoms with Crippen molar-refractivity contribution in [1.29, 1.82) is 0 Å². The third kappa shape index (κ3) is 11.8. The molecule has 0 aliphatic carbocycles. The molecule has 3 atom stereocenters. The minimum Gasteiger partial charge on any atom is -0.462 e. The maximum Gasteiger partial charge on any atom is 0.320 e.